The molecule has 5 heterocycles. The maximum Gasteiger partial charge on any atom is 0.435 e. The summed E-state index contributed by atoms with van der Waals surface area (Å²) in [5.74, 6) is -4.30. The monoisotopic (exact) mass is 1060 g/mol. The van der Waals surface area contributed by atoms with Gasteiger partial charge in [-0.25, -0.2) is 9.37 Å². The molecule has 8 rings (SSSR count). The van der Waals surface area contributed by atoms with Crippen LogP contribution in [0, 0.1) is 29.5 Å². The Morgan fingerprint density at radius 2 is 1.73 bits per heavy atom. The average molecular weight is 1060 g/mol. The third-order valence-electron chi connectivity index (χ3n) is 13.2. The van der Waals surface area contributed by atoms with Crippen LogP contribution in [0.2, 0.25) is 0 Å². The number of carbonyl (C=O) groups is 4. The molecule has 3 amide bonds. The third-order valence-corrected chi connectivity index (χ3v) is 14.2. The Kier molecular flexibility index (Phi) is 16.3. The van der Waals surface area contributed by atoms with E-state index in [1.165, 1.54) is 40.6 Å². The van der Waals surface area contributed by atoms with Gasteiger partial charge in [-0.15, -0.1) is 23.7 Å². The van der Waals surface area contributed by atoms with E-state index in [1.807, 2.05) is 38.1 Å². The Labute approximate surface area is 434 Å². The molecular weight excluding hydrogens is 1010 g/mol. The zero-order chi connectivity index (χ0) is 52.7. The van der Waals surface area contributed by atoms with Gasteiger partial charge in [-0.3, -0.25) is 29.3 Å². The van der Waals surface area contributed by atoms with E-state index in [9.17, 15) is 37.5 Å². The van der Waals surface area contributed by atoms with E-state index in [0.717, 1.165) is 32.4 Å². The number of nitrogens with one attached hydrogen (secondary N) is 3. The molecule has 0 spiro atoms. The molecular formula is C52H58ClF4N9O7S. The Morgan fingerprint density at radius 1 is 1.01 bits per heavy atom. The van der Waals surface area contributed by atoms with E-state index in [0.29, 0.717) is 11.1 Å². The molecule has 16 nitrogen and oxygen atoms in total. The van der Waals surface area contributed by atoms with Crippen LogP contribution in [0.25, 0.3) is 21.6 Å². The predicted octanol–water partition coefficient (Wildman–Crippen LogP) is 7.43. The topological polar surface area (TPSA) is 199 Å². The number of alkyl halides is 3. The first-order valence-electron chi connectivity index (χ1n) is 23.8. The molecule has 0 radical (unpaired) electrons. The second-order valence-electron chi connectivity index (χ2n) is 19.6. The molecule has 2 aliphatic heterocycles. The number of halogens is 5. The average Bonchev–Trinajstić information content (AvgIpc) is 4.15. The van der Waals surface area contributed by atoms with Gasteiger partial charge >= 0.3 is 6.18 Å². The van der Waals surface area contributed by atoms with Crippen molar-refractivity contribution in [3.63, 3.8) is 0 Å². The zero-order valence-corrected chi connectivity index (χ0v) is 43.4. The molecule has 1 saturated heterocycles. The van der Waals surface area contributed by atoms with E-state index in [1.54, 1.807) is 67.8 Å². The fourth-order valence-electron chi connectivity index (χ4n) is 9.22. The number of thiazole rings is 1. The van der Waals surface area contributed by atoms with Gasteiger partial charge in [-0.05, 0) is 79.1 Å². The van der Waals surface area contributed by atoms with Crippen LogP contribution in [0.1, 0.15) is 85.5 Å². The highest BCUT2D eigenvalue weighted by atomic mass is 35.5. The lowest BCUT2D eigenvalue weighted by molar-refractivity contribution is -0.144. The first-order valence-corrected chi connectivity index (χ1v) is 24.6. The summed E-state index contributed by atoms with van der Waals surface area (Å²) in [5, 5.41) is 28.6. The number of imidazole rings is 1. The molecule has 22 heteroatoms. The van der Waals surface area contributed by atoms with E-state index < -0.39 is 83.4 Å². The lowest BCUT2D eigenvalue weighted by atomic mass is 9.85. The van der Waals surface area contributed by atoms with E-state index in [2.05, 4.69) is 20.7 Å². The van der Waals surface area contributed by atoms with Crippen molar-refractivity contribution < 1.29 is 51.3 Å². The first-order chi connectivity index (χ1) is 34.5. The number of ketones is 1. The molecule has 0 unspecified atom stereocenters. The number of amides is 3. The largest absolute Gasteiger partial charge is 0.491 e. The molecule has 3 aromatic carbocycles. The van der Waals surface area contributed by atoms with Crippen molar-refractivity contribution in [2.75, 3.05) is 19.8 Å². The summed E-state index contributed by atoms with van der Waals surface area (Å²) in [5.41, 5.74) is 3.28. The fourth-order valence-corrected chi connectivity index (χ4v) is 10.0. The normalized spacial score (nSPS) is 17.5. The number of Topliss-reactive ketones (excluding diaryl/α,β-unsaturated/α-hetero) is 1. The van der Waals surface area contributed by atoms with Crippen LogP contribution in [-0.4, -0.2) is 95.4 Å². The van der Waals surface area contributed by atoms with Crippen LogP contribution in [0.3, 0.4) is 0 Å². The Hall–Kier alpha value is -6.84. The van der Waals surface area contributed by atoms with Crippen molar-refractivity contribution >= 4 is 47.2 Å². The Morgan fingerprint density at radius 3 is 2.36 bits per heavy atom. The fraction of sp³-hybridized carbons (Fsp3) is 0.404. The number of ether oxygens (including phenoxy) is 2. The molecule has 0 bridgehead atoms. The smallest absolute Gasteiger partial charge is 0.435 e. The number of aromatic nitrogens is 5. The number of aliphatic hydroxyl groups excluding tert-OH is 1. The summed E-state index contributed by atoms with van der Waals surface area (Å²) in [7, 11) is 1.68. The van der Waals surface area contributed by atoms with Gasteiger partial charge in [0.15, 0.2) is 29.7 Å². The van der Waals surface area contributed by atoms with Crippen LogP contribution in [0.5, 0.6) is 11.5 Å². The number of rotatable bonds is 15. The van der Waals surface area contributed by atoms with Crippen LogP contribution in [0.15, 0.2) is 78.7 Å². The van der Waals surface area contributed by atoms with Crippen molar-refractivity contribution in [3.05, 3.63) is 124 Å². The second kappa shape index (κ2) is 21.9. The molecule has 2 aliphatic rings. The van der Waals surface area contributed by atoms with Crippen molar-refractivity contribution in [1.82, 2.24) is 39.4 Å². The molecule has 3 aromatic heterocycles. The number of fused-ring (bicyclic) bond motifs is 1. The third kappa shape index (κ3) is 11.7. The number of likely N-dealkylation sites (tertiary alicyclic amines) is 1. The molecule has 4 N–H and O–H groups in total. The van der Waals surface area contributed by atoms with Crippen LogP contribution in [0.4, 0.5) is 17.6 Å². The molecule has 6 aromatic rings. The number of carbonyl (C=O) groups excluding carboxylic acids is 4. The highest BCUT2D eigenvalue weighted by Gasteiger charge is 2.45. The summed E-state index contributed by atoms with van der Waals surface area (Å²) in [6, 6.07) is 12.0. The predicted molar refractivity (Wildman–Crippen MR) is 269 cm³/mol. The van der Waals surface area contributed by atoms with E-state index >= 15 is 4.39 Å². The Bertz CT molecular complexity index is 3130. The minimum atomic E-state index is -4.82. The van der Waals surface area contributed by atoms with Gasteiger partial charge in [0.1, 0.15) is 17.8 Å². The molecule has 74 heavy (non-hydrogen) atoms. The zero-order valence-electron chi connectivity index (χ0n) is 41.8. The summed E-state index contributed by atoms with van der Waals surface area (Å²) in [6.07, 6.45) is -1.27. The first kappa shape index (κ1) is 54.9. The van der Waals surface area contributed by atoms with Gasteiger partial charge in [0, 0.05) is 56.3 Å². The van der Waals surface area contributed by atoms with Crippen molar-refractivity contribution in [3.8, 4) is 33.1 Å². The maximum atomic E-state index is 15.3. The number of nitrogens with zero attached hydrogens (tertiary/aromatic N) is 6. The summed E-state index contributed by atoms with van der Waals surface area (Å²) in [4.78, 5) is 62.6. The second-order valence-corrected chi connectivity index (χ2v) is 20.5. The molecule has 0 saturated carbocycles. The van der Waals surface area contributed by atoms with Crippen molar-refractivity contribution in [2.45, 2.75) is 97.9 Å². The molecule has 5 atom stereocenters. The minimum absolute atomic E-state index is 0. The number of aryl methyl sites for hydroxylation is 3. The summed E-state index contributed by atoms with van der Waals surface area (Å²) >= 11 is 1.53. The van der Waals surface area contributed by atoms with Gasteiger partial charge in [-0.1, -0.05) is 51.1 Å². The Balaban J connectivity index is 0.00000800. The van der Waals surface area contributed by atoms with E-state index in [4.69, 9.17) is 14.9 Å². The van der Waals surface area contributed by atoms with Crippen LogP contribution < -0.4 is 25.7 Å². The number of hydrogen-bond donors (Lipinski definition) is 4. The lowest BCUT2D eigenvalue weighted by Crippen LogP contribution is -2.58. The molecule has 394 valence electrons. The van der Waals surface area contributed by atoms with Crippen molar-refractivity contribution in [1.29, 1.82) is 5.41 Å². The highest BCUT2D eigenvalue weighted by Crippen LogP contribution is 2.44. The SMILES string of the molecule is CCn1cc(-c2cc(Cn3ccn(C)c3=N)cc3c2OC[C@H](Cc2ccc(F)c(OCC(=O)N[C@H](C(=O)N4C[C@H](O)C[C@H]4C(=O)N[C@@H](C)c4ccc(-c5scnc5C)cc4)C(C)(C)C)c2)C3=O)c(C(F)(F)F)n1.Cl. The van der Waals surface area contributed by atoms with Gasteiger partial charge in [0.25, 0.3) is 5.91 Å². The molecule has 0 aliphatic carbocycles. The van der Waals surface area contributed by atoms with Gasteiger partial charge < -0.3 is 39.2 Å². The standard InChI is InChI=1S/C52H57F4N9O7S.ClH/c1-8-64-24-38(46(61-64)52(54,55)56)36-18-31(22-63-16-15-62(7)50(63)57)19-37-43(68)34(25-72-44(36)37)17-30-9-14-39(53)41(20-30)71-26-42(67)60-47(51(4,5)6)49(70)65-23-35(66)21-40(65)48(69)59-28(2)32-10-12-33(13-11-32)45-29(3)58-27-73-45;/h9-16,18-20,24,27-28,34-35,40,47,57,66H,8,17,21-23,25-26H2,1-7H3,(H,59,69)(H,60,67);1H/t28-,34-,35+,40-,47+;/m0./s1. The quantitative estimate of drug-likeness (QED) is 0.0756. The van der Waals surface area contributed by atoms with Crippen molar-refractivity contribution in [2.24, 2.45) is 18.4 Å². The summed E-state index contributed by atoms with van der Waals surface area (Å²) in [6.45, 7) is 9.72. The lowest BCUT2D eigenvalue weighted by Gasteiger charge is -2.35. The van der Waals surface area contributed by atoms with E-state index in [-0.39, 0.29) is 85.3 Å². The number of hydrogen-bond acceptors (Lipinski definition) is 11. The maximum absolute atomic E-state index is 15.3. The summed E-state index contributed by atoms with van der Waals surface area (Å²) < 4.78 is 74.6. The number of benzene rings is 3. The van der Waals surface area contributed by atoms with Crippen LogP contribution in [-0.2, 0) is 47.1 Å². The molecule has 1 fully saturated rings. The van der Waals surface area contributed by atoms with Gasteiger partial charge in [0.05, 0.1) is 52.9 Å². The van der Waals surface area contributed by atoms with Gasteiger partial charge in [-0.2, -0.15) is 18.3 Å². The van der Waals surface area contributed by atoms with Gasteiger partial charge in [0.2, 0.25) is 17.4 Å². The van der Waals surface area contributed by atoms with Crippen LogP contribution >= 0.6 is 23.7 Å². The number of aliphatic hydroxyl groups is 1. The highest BCUT2D eigenvalue weighted by molar-refractivity contribution is 7.13. The minimum Gasteiger partial charge on any atom is -0.491 e. The number of β-amino-alcohol motifs (C(OH)–C–C–N with tert-alkyl or cyclic N) is 1.